The van der Waals surface area contributed by atoms with Crippen molar-refractivity contribution in [3.8, 4) is 0 Å². The Bertz CT molecular complexity index is 343. The van der Waals surface area contributed by atoms with Gasteiger partial charge >= 0.3 is 0 Å². The average Bonchev–Trinajstić information content (AvgIpc) is 2.36. The molecule has 0 radical (unpaired) electrons. The first-order chi connectivity index (χ1) is 8.63. The maximum Gasteiger partial charge on any atom is 0.0446 e. The van der Waals surface area contributed by atoms with Gasteiger partial charge in [0.1, 0.15) is 0 Å². The Morgan fingerprint density at radius 2 is 2.00 bits per heavy atom. The Hall–Kier alpha value is -0.180. The summed E-state index contributed by atoms with van der Waals surface area (Å²) in [7, 11) is 0. The Balaban J connectivity index is 2.25. The minimum atomic E-state index is 0.612. The lowest BCUT2D eigenvalue weighted by Gasteiger charge is -2.17. The smallest absolute Gasteiger partial charge is 0.0446 e. The van der Waals surface area contributed by atoms with E-state index in [0.717, 1.165) is 17.3 Å². The second-order valence-electron chi connectivity index (χ2n) is 4.81. The van der Waals surface area contributed by atoms with Crippen molar-refractivity contribution in [3.63, 3.8) is 0 Å². The van der Waals surface area contributed by atoms with Crippen molar-refractivity contribution in [1.82, 2.24) is 5.32 Å². The van der Waals surface area contributed by atoms with Gasteiger partial charge in [0.15, 0.2) is 0 Å². The zero-order chi connectivity index (χ0) is 13.4. The van der Waals surface area contributed by atoms with Gasteiger partial charge in [0.2, 0.25) is 0 Å². The van der Waals surface area contributed by atoms with Crippen LogP contribution in [0.15, 0.2) is 24.3 Å². The molecule has 0 spiro atoms. The number of hydrogen-bond donors (Lipinski definition) is 1. The molecule has 1 aromatic rings. The molecule has 0 amide bonds. The highest BCUT2D eigenvalue weighted by atomic mass is 35.5. The highest BCUT2D eigenvalue weighted by molar-refractivity contribution is 7.99. The van der Waals surface area contributed by atoms with Gasteiger partial charge in [0, 0.05) is 28.6 Å². The van der Waals surface area contributed by atoms with E-state index >= 15 is 0 Å². The highest BCUT2D eigenvalue weighted by Gasteiger charge is 2.07. The van der Waals surface area contributed by atoms with E-state index in [2.05, 4.69) is 32.2 Å². The van der Waals surface area contributed by atoms with Crippen LogP contribution in [-0.4, -0.2) is 17.8 Å². The fourth-order valence-electron chi connectivity index (χ4n) is 1.81. The van der Waals surface area contributed by atoms with Crippen LogP contribution < -0.4 is 5.32 Å². The number of benzene rings is 1. The summed E-state index contributed by atoms with van der Waals surface area (Å²) in [6.07, 6.45) is 2.50. The molecule has 1 nitrogen and oxygen atoms in total. The Labute approximate surface area is 121 Å². The van der Waals surface area contributed by atoms with Gasteiger partial charge < -0.3 is 5.32 Å². The van der Waals surface area contributed by atoms with E-state index in [1.807, 2.05) is 30.0 Å². The minimum Gasteiger partial charge on any atom is -0.313 e. The molecule has 102 valence electrons. The molecular weight excluding hydrogens is 262 g/mol. The molecule has 18 heavy (non-hydrogen) atoms. The van der Waals surface area contributed by atoms with E-state index in [1.54, 1.807) is 0 Å². The molecule has 2 unspecified atom stereocenters. The second kappa shape index (κ2) is 8.84. The fraction of sp³-hybridized carbons (Fsp3) is 0.600. The Kier molecular flexibility index (Phi) is 7.80. The average molecular weight is 286 g/mol. The largest absolute Gasteiger partial charge is 0.313 e. The number of hydrogen-bond acceptors (Lipinski definition) is 2. The van der Waals surface area contributed by atoms with Crippen molar-refractivity contribution in [2.75, 3.05) is 6.54 Å². The van der Waals surface area contributed by atoms with Crippen LogP contribution in [0.2, 0.25) is 5.02 Å². The lowest BCUT2D eigenvalue weighted by atomic mass is 10.2. The lowest BCUT2D eigenvalue weighted by molar-refractivity contribution is 0.511. The zero-order valence-electron chi connectivity index (χ0n) is 11.6. The fourth-order valence-corrected chi connectivity index (χ4v) is 3.02. The molecule has 0 aliphatic carbocycles. The highest BCUT2D eigenvalue weighted by Crippen LogP contribution is 2.23. The van der Waals surface area contributed by atoms with E-state index in [-0.39, 0.29) is 0 Å². The van der Waals surface area contributed by atoms with Crippen LogP contribution in [0.25, 0.3) is 0 Å². The standard InChI is InChI=1S/C15H24ClNS/c1-4-7-12(2)17-10-13(3)18-11-14-8-5-6-9-15(14)16/h5-6,8-9,12-13,17H,4,7,10-11H2,1-3H3. The molecule has 2 atom stereocenters. The molecular formula is C15H24ClNS. The van der Waals surface area contributed by atoms with Crippen LogP contribution in [0, 0.1) is 0 Å². The normalized spacial score (nSPS) is 14.4. The summed E-state index contributed by atoms with van der Waals surface area (Å²) in [5.41, 5.74) is 1.23. The zero-order valence-corrected chi connectivity index (χ0v) is 13.2. The van der Waals surface area contributed by atoms with E-state index < -0.39 is 0 Å². The van der Waals surface area contributed by atoms with E-state index in [4.69, 9.17) is 11.6 Å². The number of halogens is 1. The molecule has 0 fully saturated rings. The summed E-state index contributed by atoms with van der Waals surface area (Å²) in [5.74, 6) is 0.991. The van der Waals surface area contributed by atoms with Crippen molar-refractivity contribution in [2.24, 2.45) is 0 Å². The second-order valence-corrected chi connectivity index (χ2v) is 6.64. The van der Waals surface area contributed by atoms with Gasteiger partial charge in [-0.05, 0) is 25.0 Å². The van der Waals surface area contributed by atoms with E-state index in [9.17, 15) is 0 Å². The van der Waals surface area contributed by atoms with Gasteiger partial charge in [-0.15, -0.1) is 0 Å². The van der Waals surface area contributed by atoms with Crippen LogP contribution in [0.5, 0.6) is 0 Å². The van der Waals surface area contributed by atoms with Crippen molar-refractivity contribution < 1.29 is 0 Å². The summed E-state index contributed by atoms with van der Waals surface area (Å²) < 4.78 is 0. The molecule has 0 saturated heterocycles. The lowest BCUT2D eigenvalue weighted by Crippen LogP contribution is -2.31. The van der Waals surface area contributed by atoms with Crippen molar-refractivity contribution >= 4 is 23.4 Å². The third-order valence-electron chi connectivity index (χ3n) is 2.96. The molecule has 1 aromatic carbocycles. The summed E-state index contributed by atoms with van der Waals surface area (Å²) >= 11 is 8.10. The van der Waals surface area contributed by atoms with E-state index in [0.29, 0.717) is 11.3 Å². The van der Waals surface area contributed by atoms with Gasteiger partial charge in [-0.1, -0.05) is 50.1 Å². The first kappa shape index (κ1) is 15.9. The van der Waals surface area contributed by atoms with Crippen molar-refractivity contribution in [2.45, 2.75) is 50.7 Å². The first-order valence-electron chi connectivity index (χ1n) is 6.71. The monoisotopic (exact) mass is 285 g/mol. The number of nitrogens with one attached hydrogen (secondary N) is 1. The molecule has 0 aliphatic heterocycles. The van der Waals surface area contributed by atoms with E-state index in [1.165, 1.54) is 18.4 Å². The minimum absolute atomic E-state index is 0.612. The summed E-state index contributed by atoms with van der Waals surface area (Å²) in [5, 5.41) is 5.07. The van der Waals surface area contributed by atoms with Crippen LogP contribution in [0.1, 0.15) is 39.2 Å². The molecule has 0 bridgehead atoms. The van der Waals surface area contributed by atoms with Gasteiger partial charge in [-0.2, -0.15) is 11.8 Å². The van der Waals surface area contributed by atoms with Gasteiger partial charge in [0.05, 0.1) is 0 Å². The Morgan fingerprint density at radius 3 is 2.67 bits per heavy atom. The summed E-state index contributed by atoms with van der Waals surface area (Å²) in [4.78, 5) is 0. The quantitative estimate of drug-likeness (QED) is 0.740. The molecule has 3 heteroatoms. The van der Waals surface area contributed by atoms with Crippen LogP contribution in [-0.2, 0) is 5.75 Å². The topological polar surface area (TPSA) is 12.0 Å². The summed E-state index contributed by atoms with van der Waals surface area (Å²) in [6.45, 7) is 7.83. The maximum atomic E-state index is 6.15. The van der Waals surface area contributed by atoms with Crippen LogP contribution in [0.4, 0.5) is 0 Å². The van der Waals surface area contributed by atoms with Gasteiger partial charge in [-0.25, -0.2) is 0 Å². The molecule has 0 aliphatic rings. The molecule has 0 aromatic heterocycles. The first-order valence-corrected chi connectivity index (χ1v) is 8.14. The predicted octanol–water partition coefficient (Wildman–Crippen LogP) is 4.74. The van der Waals surface area contributed by atoms with Crippen molar-refractivity contribution in [3.05, 3.63) is 34.9 Å². The third kappa shape index (κ3) is 6.12. The SMILES string of the molecule is CCCC(C)NCC(C)SCc1ccccc1Cl. The predicted molar refractivity (Wildman–Crippen MR) is 84.6 cm³/mol. The van der Waals surface area contributed by atoms with Crippen molar-refractivity contribution in [1.29, 1.82) is 0 Å². The number of rotatable bonds is 8. The molecule has 0 heterocycles. The van der Waals surface area contributed by atoms with Crippen LogP contribution in [0.3, 0.4) is 0 Å². The maximum absolute atomic E-state index is 6.15. The molecule has 0 saturated carbocycles. The van der Waals surface area contributed by atoms with Gasteiger partial charge in [-0.3, -0.25) is 0 Å². The molecule has 1 rings (SSSR count). The molecule has 1 N–H and O–H groups in total. The van der Waals surface area contributed by atoms with Gasteiger partial charge in [0.25, 0.3) is 0 Å². The third-order valence-corrected chi connectivity index (χ3v) is 4.54. The number of thioether (sulfide) groups is 1. The van der Waals surface area contributed by atoms with Crippen LogP contribution >= 0.6 is 23.4 Å². The Morgan fingerprint density at radius 1 is 1.28 bits per heavy atom. The summed E-state index contributed by atoms with van der Waals surface area (Å²) in [6, 6.07) is 8.72.